The van der Waals surface area contributed by atoms with Gasteiger partial charge in [0, 0.05) is 6.54 Å². The summed E-state index contributed by atoms with van der Waals surface area (Å²) in [6, 6.07) is 0. The summed E-state index contributed by atoms with van der Waals surface area (Å²) in [5.74, 6) is -0.440. The second kappa shape index (κ2) is 4.75. The summed E-state index contributed by atoms with van der Waals surface area (Å²) in [6.45, 7) is 1.42. The Morgan fingerprint density at radius 3 is 2.50 bits per heavy atom. The monoisotopic (exact) mass is 285 g/mol. The smallest absolute Gasteiger partial charge is 0.249 e. The molecule has 0 aliphatic carbocycles. The van der Waals surface area contributed by atoms with Gasteiger partial charge in [-0.25, -0.2) is 31.7 Å². The molecular weight excluding hydrogens is 274 g/mol. The van der Waals surface area contributed by atoms with Crippen molar-refractivity contribution in [1.82, 2.24) is 9.71 Å². The molecule has 0 aliphatic heterocycles. The molecule has 0 unspecified atom stereocenters. The second-order valence-corrected chi connectivity index (χ2v) is 7.93. The van der Waals surface area contributed by atoms with Crippen LogP contribution in [0.3, 0.4) is 0 Å². The van der Waals surface area contributed by atoms with Crippen LogP contribution < -0.4 is 9.86 Å². The van der Waals surface area contributed by atoms with Gasteiger partial charge >= 0.3 is 0 Å². The van der Waals surface area contributed by atoms with Crippen molar-refractivity contribution in [2.24, 2.45) is 5.14 Å². The minimum atomic E-state index is -3.68. The number of hydrogen-bond acceptors (Lipinski definition) is 6. The van der Waals surface area contributed by atoms with Crippen molar-refractivity contribution >= 4 is 31.4 Å². The van der Waals surface area contributed by atoms with Gasteiger partial charge < -0.3 is 0 Å². The lowest BCUT2D eigenvalue weighted by atomic mass is 10.8. The molecule has 3 N–H and O–H groups in total. The van der Waals surface area contributed by atoms with Crippen LogP contribution in [-0.4, -0.2) is 34.1 Å². The van der Waals surface area contributed by atoms with Crippen LogP contribution in [0, 0.1) is 6.92 Å². The van der Waals surface area contributed by atoms with Gasteiger partial charge in [0.05, 0.1) is 17.0 Å². The largest absolute Gasteiger partial charge is 0.251 e. The van der Waals surface area contributed by atoms with Crippen molar-refractivity contribution in [2.45, 2.75) is 11.1 Å². The van der Waals surface area contributed by atoms with Crippen molar-refractivity contribution in [2.75, 3.05) is 12.3 Å². The Hall–Kier alpha value is -0.550. The summed E-state index contributed by atoms with van der Waals surface area (Å²) in [7, 11) is -7.34. The van der Waals surface area contributed by atoms with Crippen LogP contribution in [-0.2, 0) is 20.0 Å². The Morgan fingerprint density at radius 1 is 1.44 bits per heavy atom. The molecule has 7 nitrogen and oxygen atoms in total. The summed E-state index contributed by atoms with van der Waals surface area (Å²) < 4.78 is 46.5. The van der Waals surface area contributed by atoms with E-state index in [1.54, 1.807) is 6.92 Å². The summed E-state index contributed by atoms with van der Waals surface area (Å²) in [5.41, 5.74) is 0. The fourth-order valence-electron chi connectivity index (χ4n) is 0.856. The fraction of sp³-hybridized carbons (Fsp3) is 0.500. The molecule has 16 heavy (non-hydrogen) atoms. The third-order valence-electron chi connectivity index (χ3n) is 1.54. The standard InChI is InChI=1S/C6H11N3O4S3/c1-5-8-4-6(14-5)16(12,13)9-2-3-15(7,10)11/h4,9H,2-3H2,1H3,(H2,7,10,11). The molecule has 0 fully saturated rings. The minimum Gasteiger partial charge on any atom is -0.249 e. The third kappa shape index (κ3) is 4.14. The molecule has 0 aromatic carbocycles. The Bertz CT molecular complexity index is 560. The van der Waals surface area contributed by atoms with E-state index in [1.165, 1.54) is 6.20 Å². The first-order chi connectivity index (χ1) is 7.21. The molecular formula is C6H11N3O4S3. The van der Waals surface area contributed by atoms with Gasteiger partial charge in [0.25, 0.3) is 10.0 Å². The molecule has 0 saturated carbocycles. The van der Waals surface area contributed by atoms with Crippen LogP contribution in [0.4, 0.5) is 0 Å². The van der Waals surface area contributed by atoms with Gasteiger partial charge in [-0.2, -0.15) is 0 Å². The topological polar surface area (TPSA) is 119 Å². The number of aryl methyl sites for hydroxylation is 1. The minimum absolute atomic E-state index is 0.0550. The molecule has 0 aliphatic rings. The van der Waals surface area contributed by atoms with Crippen LogP contribution in [0.5, 0.6) is 0 Å². The predicted octanol–water partition coefficient (Wildman–Crippen LogP) is -0.982. The number of thiazole rings is 1. The first-order valence-corrected chi connectivity index (χ1v) is 8.15. The van der Waals surface area contributed by atoms with E-state index < -0.39 is 25.8 Å². The van der Waals surface area contributed by atoms with Crippen LogP contribution in [0.2, 0.25) is 0 Å². The maximum atomic E-state index is 11.6. The van der Waals surface area contributed by atoms with Crippen molar-refractivity contribution in [3.8, 4) is 0 Å². The number of nitrogens with one attached hydrogen (secondary N) is 1. The summed E-state index contributed by atoms with van der Waals surface area (Å²) in [5, 5.41) is 5.35. The average Bonchev–Trinajstić information content (AvgIpc) is 2.49. The Morgan fingerprint density at radius 2 is 2.06 bits per heavy atom. The molecule has 10 heteroatoms. The number of sulfonamides is 2. The van der Waals surface area contributed by atoms with Gasteiger partial charge in [0.2, 0.25) is 10.0 Å². The second-order valence-electron chi connectivity index (χ2n) is 2.96. The molecule has 0 amide bonds. The molecule has 0 atom stereocenters. The number of aromatic nitrogens is 1. The highest BCUT2D eigenvalue weighted by Gasteiger charge is 2.17. The number of hydrogen-bond donors (Lipinski definition) is 2. The maximum absolute atomic E-state index is 11.6. The lowest BCUT2D eigenvalue weighted by Crippen LogP contribution is -2.31. The maximum Gasteiger partial charge on any atom is 0.251 e. The zero-order chi connectivity index (χ0) is 12.4. The van der Waals surface area contributed by atoms with E-state index in [9.17, 15) is 16.8 Å². The van der Waals surface area contributed by atoms with E-state index >= 15 is 0 Å². The highest BCUT2D eigenvalue weighted by atomic mass is 32.2. The normalized spacial score (nSPS) is 12.9. The zero-order valence-corrected chi connectivity index (χ0v) is 10.8. The highest BCUT2D eigenvalue weighted by molar-refractivity contribution is 7.91. The third-order valence-corrected chi connectivity index (χ3v) is 5.15. The van der Waals surface area contributed by atoms with E-state index in [2.05, 4.69) is 9.71 Å². The lowest BCUT2D eigenvalue weighted by molar-refractivity contribution is 0.583. The van der Waals surface area contributed by atoms with Gasteiger partial charge in [-0.1, -0.05) is 0 Å². The summed E-state index contributed by atoms with van der Waals surface area (Å²) in [4.78, 5) is 3.80. The molecule has 0 saturated heterocycles. The molecule has 0 spiro atoms. The average molecular weight is 285 g/mol. The van der Waals surface area contributed by atoms with Gasteiger partial charge in [-0.3, -0.25) is 0 Å². The van der Waals surface area contributed by atoms with E-state index in [1.807, 2.05) is 0 Å². The number of rotatable bonds is 5. The van der Waals surface area contributed by atoms with Crippen LogP contribution >= 0.6 is 11.3 Å². The molecule has 1 rings (SSSR count). The van der Waals surface area contributed by atoms with Gasteiger partial charge in [-0.05, 0) is 6.92 Å². The van der Waals surface area contributed by atoms with E-state index in [4.69, 9.17) is 5.14 Å². The number of nitrogens with two attached hydrogens (primary N) is 1. The molecule has 1 aromatic heterocycles. The number of primary sulfonamides is 1. The lowest BCUT2D eigenvalue weighted by Gasteiger charge is -2.02. The van der Waals surface area contributed by atoms with Crippen molar-refractivity contribution in [1.29, 1.82) is 0 Å². The summed E-state index contributed by atoms with van der Waals surface area (Å²) in [6.07, 6.45) is 1.22. The quantitative estimate of drug-likeness (QED) is 0.720. The number of nitrogens with zero attached hydrogens (tertiary/aromatic N) is 1. The van der Waals surface area contributed by atoms with Crippen molar-refractivity contribution < 1.29 is 16.8 Å². The predicted molar refractivity (Wildman–Crippen MR) is 60.0 cm³/mol. The Kier molecular flexibility index (Phi) is 4.02. The molecule has 92 valence electrons. The van der Waals surface area contributed by atoms with E-state index in [-0.39, 0.29) is 10.8 Å². The molecule has 0 radical (unpaired) electrons. The summed E-state index contributed by atoms with van der Waals surface area (Å²) >= 11 is 1.01. The Labute approximate surface area is 97.8 Å². The fourth-order valence-corrected chi connectivity index (χ4v) is 3.56. The van der Waals surface area contributed by atoms with Crippen molar-refractivity contribution in [3.05, 3.63) is 11.2 Å². The molecule has 0 bridgehead atoms. The first kappa shape index (κ1) is 13.5. The first-order valence-electron chi connectivity index (χ1n) is 4.13. The Balaban J connectivity index is 2.67. The SMILES string of the molecule is Cc1ncc(S(=O)(=O)NCCS(N)(=O)=O)s1. The highest BCUT2D eigenvalue weighted by Crippen LogP contribution is 2.16. The molecule has 1 aromatic rings. The van der Waals surface area contributed by atoms with E-state index in [0.717, 1.165) is 11.3 Å². The molecule has 1 heterocycles. The van der Waals surface area contributed by atoms with Gasteiger partial charge in [-0.15, -0.1) is 11.3 Å². The van der Waals surface area contributed by atoms with Crippen LogP contribution in [0.15, 0.2) is 10.4 Å². The van der Waals surface area contributed by atoms with Crippen molar-refractivity contribution in [3.63, 3.8) is 0 Å². The van der Waals surface area contributed by atoms with E-state index in [0.29, 0.717) is 5.01 Å². The van der Waals surface area contributed by atoms with Gasteiger partial charge in [0.15, 0.2) is 4.21 Å². The van der Waals surface area contributed by atoms with Crippen LogP contribution in [0.1, 0.15) is 5.01 Å². The van der Waals surface area contributed by atoms with Gasteiger partial charge in [0.1, 0.15) is 0 Å². The van der Waals surface area contributed by atoms with Crippen LogP contribution in [0.25, 0.3) is 0 Å². The zero-order valence-electron chi connectivity index (χ0n) is 8.37.